The van der Waals surface area contributed by atoms with Crippen molar-refractivity contribution in [3.63, 3.8) is 0 Å². The van der Waals surface area contributed by atoms with Gasteiger partial charge >= 0.3 is 0 Å². The fraction of sp³-hybridized carbons (Fsp3) is 0.407. The Labute approximate surface area is 205 Å². The Hall–Kier alpha value is -3.36. The van der Waals surface area contributed by atoms with E-state index in [-0.39, 0.29) is 11.3 Å². The quantitative estimate of drug-likeness (QED) is 0.353. The molecule has 0 spiro atoms. The maximum Gasteiger partial charge on any atom is 0.295 e. The molecular weight excluding hydrogens is 448 g/mol. The van der Waals surface area contributed by atoms with Crippen molar-refractivity contribution in [1.82, 2.24) is 9.80 Å². The van der Waals surface area contributed by atoms with Crippen LogP contribution in [0.15, 0.2) is 48.0 Å². The van der Waals surface area contributed by atoms with Crippen molar-refractivity contribution in [1.29, 1.82) is 0 Å². The average molecular weight is 481 g/mol. The largest absolute Gasteiger partial charge is 0.507 e. The van der Waals surface area contributed by atoms with Gasteiger partial charge in [0, 0.05) is 37.3 Å². The van der Waals surface area contributed by atoms with Gasteiger partial charge in [-0.2, -0.15) is 0 Å². The van der Waals surface area contributed by atoms with Crippen molar-refractivity contribution in [2.75, 3.05) is 53.6 Å². The van der Waals surface area contributed by atoms with E-state index in [0.29, 0.717) is 48.8 Å². The highest BCUT2D eigenvalue weighted by Crippen LogP contribution is 2.43. The Morgan fingerprint density at radius 1 is 1.03 bits per heavy atom. The zero-order valence-electron chi connectivity index (χ0n) is 20.5. The van der Waals surface area contributed by atoms with E-state index < -0.39 is 17.7 Å². The SMILES string of the molecule is COc1ccc(OC)c(C2/C(=C(/O)c3ccc(C)cc3)C(=O)C(=O)N2CCCN2CCOCC2)c1. The summed E-state index contributed by atoms with van der Waals surface area (Å²) in [6.45, 7) is 6.17. The molecule has 2 aliphatic heterocycles. The van der Waals surface area contributed by atoms with Crippen molar-refractivity contribution in [3.8, 4) is 11.5 Å². The molecule has 1 unspecified atom stereocenters. The molecule has 2 aromatic rings. The Bertz CT molecular complexity index is 1110. The first kappa shape index (κ1) is 24.8. The van der Waals surface area contributed by atoms with Gasteiger partial charge in [0.25, 0.3) is 11.7 Å². The van der Waals surface area contributed by atoms with Crippen molar-refractivity contribution >= 4 is 17.4 Å². The van der Waals surface area contributed by atoms with Crippen LogP contribution in [0, 0.1) is 6.92 Å². The summed E-state index contributed by atoms with van der Waals surface area (Å²) < 4.78 is 16.4. The van der Waals surface area contributed by atoms with E-state index in [0.717, 1.165) is 25.2 Å². The van der Waals surface area contributed by atoms with Crippen LogP contribution in [-0.2, 0) is 14.3 Å². The number of likely N-dealkylation sites (tertiary alicyclic amines) is 1. The number of Topliss-reactive ketones (excluding diaryl/α,β-unsaturated/α-hetero) is 1. The Kier molecular flexibility index (Phi) is 7.73. The minimum Gasteiger partial charge on any atom is -0.507 e. The van der Waals surface area contributed by atoms with Crippen LogP contribution in [-0.4, -0.2) is 80.2 Å². The van der Waals surface area contributed by atoms with E-state index >= 15 is 0 Å². The molecule has 8 nitrogen and oxygen atoms in total. The molecule has 0 radical (unpaired) electrons. The molecule has 0 bridgehead atoms. The molecular formula is C27H32N2O6. The van der Waals surface area contributed by atoms with Crippen LogP contribution in [0.1, 0.15) is 29.2 Å². The summed E-state index contributed by atoms with van der Waals surface area (Å²) >= 11 is 0. The standard InChI is InChI=1S/C27H32N2O6/c1-18-5-7-19(8-6-18)25(30)23-24(21-17-20(33-2)9-10-22(21)34-3)29(27(32)26(23)31)12-4-11-28-13-15-35-16-14-28/h5-10,17,24,30H,4,11-16H2,1-3H3/b25-23-. The predicted octanol–water partition coefficient (Wildman–Crippen LogP) is 3.16. The van der Waals surface area contributed by atoms with Gasteiger partial charge in [-0.25, -0.2) is 0 Å². The molecule has 2 heterocycles. The lowest BCUT2D eigenvalue weighted by Crippen LogP contribution is -2.39. The van der Waals surface area contributed by atoms with Gasteiger partial charge in [-0.3, -0.25) is 14.5 Å². The molecule has 2 aromatic carbocycles. The molecule has 1 atom stereocenters. The number of rotatable bonds is 8. The van der Waals surface area contributed by atoms with Gasteiger partial charge in [0.2, 0.25) is 0 Å². The molecule has 2 aliphatic rings. The highest BCUT2D eigenvalue weighted by molar-refractivity contribution is 6.46. The summed E-state index contributed by atoms with van der Waals surface area (Å²) in [7, 11) is 3.09. The van der Waals surface area contributed by atoms with E-state index in [2.05, 4.69) is 4.90 Å². The highest BCUT2D eigenvalue weighted by Gasteiger charge is 2.47. The lowest BCUT2D eigenvalue weighted by molar-refractivity contribution is -0.140. The molecule has 0 aliphatic carbocycles. The highest BCUT2D eigenvalue weighted by atomic mass is 16.5. The number of benzene rings is 2. The summed E-state index contributed by atoms with van der Waals surface area (Å²) in [5.74, 6) is -0.463. The molecule has 8 heteroatoms. The molecule has 1 N–H and O–H groups in total. The normalized spacial score (nSPS) is 20.3. The summed E-state index contributed by atoms with van der Waals surface area (Å²) in [4.78, 5) is 30.4. The second-order valence-corrected chi connectivity index (χ2v) is 8.77. The summed E-state index contributed by atoms with van der Waals surface area (Å²) in [6, 6.07) is 11.7. The third kappa shape index (κ3) is 5.18. The minimum absolute atomic E-state index is 0.0526. The van der Waals surface area contributed by atoms with Crippen LogP contribution >= 0.6 is 0 Å². The first-order chi connectivity index (χ1) is 16.9. The van der Waals surface area contributed by atoms with Gasteiger partial charge < -0.3 is 24.2 Å². The van der Waals surface area contributed by atoms with Crippen LogP contribution in [0.5, 0.6) is 11.5 Å². The number of morpholine rings is 1. The number of amides is 1. The zero-order chi connectivity index (χ0) is 24.9. The summed E-state index contributed by atoms with van der Waals surface area (Å²) in [6.07, 6.45) is 0.681. The van der Waals surface area contributed by atoms with Crippen LogP contribution in [0.2, 0.25) is 0 Å². The van der Waals surface area contributed by atoms with Crippen molar-refractivity contribution < 1.29 is 28.9 Å². The molecule has 4 rings (SSSR count). The first-order valence-electron chi connectivity index (χ1n) is 11.8. The van der Waals surface area contributed by atoms with E-state index in [1.807, 2.05) is 19.1 Å². The molecule has 0 saturated carbocycles. The number of hydrogen-bond donors (Lipinski definition) is 1. The number of ketones is 1. The molecule has 2 saturated heterocycles. The predicted molar refractivity (Wildman–Crippen MR) is 132 cm³/mol. The van der Waals surface area contributed by atoms with Gasteiger partial charge in [0.1, 0.15) is 17.3 Å². The van der Waals surface area contributed by atoms with Crippen molar-refractivity contribution in [3.05, 3.63) is 64.7 Å². The smallest absolute Gasteiger partial charge is 0.295 e. The van der Waals surface area contributed by atoms with E-state index in [1.165, 1.54) is 7.11 Å². The second-order valence-electron chi connectivity index (χ2n) is 8.77. The van der Waals surface area contributed by atoms with Gasteiger partial charge in [-0.15, -0.1) is 0 Å². The van der Waals surface area contributed by atoms with Gasteiger partial charge in [-0.1, -0.05) is 29.8 Å². The van der Waals surface area contributed by atoms with Crippen molar-refractivity contribution in [2.24, 2.45) is 0 Å². The van der Waals surface area contributed by atoms with Crippen LogP contribution in [0.25, 0.3) is 5.76 Å². The number of carbonyl (C=O) groups excluding carboxylic acids is 2. The summed E-state index contributed by atoms with van der Waals surface area (Å²) in [5.41, 5.74) is 2.15. The third-order valence-corrected chi connectivity index (χ3v) is 6.57. The monoisotopic (exact) mass is 480 g/mol. The lowest BCUT2D eigenvalue weighted by atomic mass is 9.94. The number of methoxy groups -OCH3 is 2. The fourth-order valence-electron chi connectivity index (χ4n) is 4.64. The Balaban J connectivity index is 1.75. The van der Waals surface area contributed by atoms with Crippen molar-refractivity contribution in [2.45, 2.75) is 19.4 Å². The molecule has 35 heavy (non-hydrogen) atoms. The average Bonchev–Trinajstić information content (AvgIpc) is 3.14. The zero-order valence-corrected chi connectivity index (χ0v) is 20.5. The van der Waals surface area contributed by atoms with Gasteiger partial charge in [0.05, 0.1) is 39.0 Å². The van der Waals surface area contributed by atoms with E-state index in [4.69, 9.17) is 14.2 Å². The maximum atomic E-state index is 13.3. The number of aliphatic hydroxyl groups excluding tert-OH is 1. The number of aryl methyl sites for hydroxylation is 1. The van der Waals surface area contributed by atoms with Gasteiger partial charge in [-0.05, 0) is 31.5 Å². The second kappa shape index (κ2) is 10.9. The number of hydrogen-bond acceptors (Lipinski definition) is 7. The number of aliphatic hydroxyl groups is 1. The maximum absolute atomic E-state index is 13.3. The lowest BCUT2D eigenvalue weighted by Gasteiger charge is -2.29. The first-order valence-corrected chi connectivity index (χ1v) is 11.8. The molecule has 0 aromatic heterocycles. The van der Waals surface area contributed by atoms with Crippen LogP contribution in [0.3, 0.4) is 0 Å². The fourth-order valence-corrected chi connectivity index (χ4v) is 4.64. The number of nitrogens with zero attached hydrogens (tertiary/aromatic N) is 2. The van der Waals surface area contributed by atoms with Crippen LogP contribution < -0.4 is 9.47 Å². The van der Waals surface area contributed by atoms with E-state index in [9.17, 15) is 14.7 Å². The number of ether oxygens (including phenoxy) is 3. The molecule has 1 amide bonds. The van der Waals surface area contributed by atoms with E-state index in [1.54, 1.807) is 42.3 Å². The Morgan fingerprint density at radius 3 is 2.40 bits per heavy atom. The summed E-state index contributed by atoms with van der Waals surface area (Å²) in [5, 5.41) is 11.3. The molecule has 186 valence electrons. The number of carbonyl (C=O) groups is 2. The van der Waals surface area contributed by atoms with Crippen LogP contribution in [0.4, 0.5) is 0 Å². The Morgan fingerprint density at radius 2 is 1.74 bits per heavy atom. The minimum atomic E-state index is -0.800. The van der Waals surface area contributed by atoms with Gasteiger partial charge in [0.15, 0.2) is 0 Å². The third-order valence-electron chi connectivity index (χ3n) is 6.57. The molecule has 2 fully saturated rings. The topological polar surface area (TPSA) is 88.5 Å².